The van der Waals surface area contributed by atoms with Gasteiger partial charge >= 0.3 is 0 Å². The Morgan fingerprint density at radius 2 is 2.06 bits per heavy atom. The zero-order chi connectivity index (χ0) is 11.9. The van der Waals surface area contributed by atoms with Gasteiger partial charge in [0.25, 0.3) is 0 Å². The number of ether oxygens (including phenoxy) is 1. The second-order valence-corrected chi connectivity index (χ2v) is 3.74. The Balaban J connectivity index is 2.02. The van der Waals surface area contributed by atoms with Crippen LogP contribution >= 0.6 is 0 Å². The number of hydrogen-bond acceptors (Lipinski definition) is 3. The molecule has 1 aromatic carbocycles. The van der Waals surface area contributed by atoms with E-state index in [9.17, 15) is 0 Å². The first-order chi connectivity index (χ1) is 8.42. The zero-order valence-electron chi connectivity index (χ0n) is 9.97. The smallest absolute Gasteiger partial charge is 0.0649 e. The van der Waals surface area contributed by atoms with Crippen LogP contribution in [0.3, 0.4) is 0 Å². The van der Waals surface area contributed by atoms with Gasteiger partial charge < -0.3 is 10.1 Å². The molecule has 17 heavy (non-hydrogen) atoms. The van der Waals surface area contributed by atoms with Crippen molar-refractivity contribution in [3.05, 3.63) is 48.3 Å². The lowest BCUT2D eigenvalue weighted by Gasteiger charge is -2.08. The fourth-order valence-corrected chi connectivity index (χ4v) is 1.66. The van der Waals surface area contributed by atoms with Crippen molar-refractivity contribution in [1.29, 1.82) is 0 Å². The predicted molar refractivity (Wildman–Crippen MR) is 67.1 cm³/mol. The van der Waals surface area contributed by atoms with Crippen LogP contribution < -0.4 is 5.32 Å². The normalized spacial score (nSPS) is 10.6. The SMILES string of the molecule is COCCNCc1ccnn1-c1ccccc1. The van der Waals surface area contributed by atoms with Gasteiger partial charge in [0.1, 0.15) is 0 Å². The Morgan fingerprint density at radius 1 is 1.24 bits per heavy atom. The highest BCUT2D eigenvalue weighted by molar-refractivity contribution is 5.32. The molecule has 0 spiro atoms. The highest BCUT2D eigenvalue weighted by atomic mass is 16.5. The molecule has 0 atom stereocenters. The first-order valence-corrected chi connectivity index (χ1v) is 5.70. The quantitative estimate of drug-likeness (QED) is 0.768. The third-order valence-corrected chi connectivity index (χ3v) is 2.51. The highest BCUT2D eigenvalue weighted by Crippen LogP contribution is 2.09. The summed E-state index contributed by atoms with van der Waals surface area (Å²) in [5, 5.41) is 7.64. The minimum Gasteiger partial charge on any atom is -0.383 e. The van der Waals surface area contributed by atoms with Crippen LogP contribution in [0.1, 0.15) is 5.69 Å². The summed E-state index contributed by atoms with van der Waals surface area (Å²) in [7, 11) is 1.70. The molecule has 0 bridgehead atoms. The van der Waals surface area contributed by atoms with Gasteiger partial charge in [-0.05, 0) is 18.2 Å². The lowest BCUT2D eigenvalue weighted by atomic mass is 10.3. The Morgan fingerprint density at radius 3 is 2.82 bits per heavy atom. The van der Waals surface area contributed by atoms with Gasteiger partial charge in [-0.2, -0.15) is 5.10 Å². The molecule has 0 aliphatic rings. The maximum absolute atomic E-state index is 4.99. The van der Waals surface area contributed by atoms with Crippen molar-refractivity contribution in [2.24, 2.45) is 0 Å². The molecule has 0 saturated carbocycles. The Labute approximate surface area is 101 Å². The van der Waals surface area contributed by atoms with Crippen LogP contribution in [0.25, 0.3) is 5.69 Å². The summed E-state index contributed by atoms with van der Waals surface area (Å²) >= 11 is 0. The van der Waals surface area contributed by atoms with E-state index in [1.54, 1.807) is 7.11 Å². The van der Waals surface area contributed by atoms with Crippen LogP contribution in [-0.2, 0) is 11.3 Å². The van der Waals surface area contributed by atoms with Crippen molar-refractivity contribution >= 4 is 0 Å². The molecule has 0 radical (unpaired) electrons. The minimum absolute atomic E-state index is 0.722. The number of methoxy groups -OCH3 is 1. The number of nitrogens with zero attached hydrogens (tertiary/aromatic N) is 2. The Bertz CT molecular complexity index is 439. The van der Waals surface area contributed by atoms with Crippen LogP contribution in [0, 0.1) is 0 Å². The highest BCUT2D eigenvalue weighted by Gasteiger charge is 2.03. The van der Waals surface area contributed by atoms with Crippen LogP contribution in [0.4, 0.5) is 0 Å². The lowest BCUT2D eigenvalue weighted by molar-refractivity contribution is 0.199. The van der Waals surface area contributed by atoms with Crippen LogP contribution in [0.5, 0.6) is 0 Å². The van der Waals surface area contributed by atoms with Gasteiger partial charge in [0.2, 0.25) is 0 Å². The van der Waals surface area contributed by atoms with E-state index >= 15 is 0 Å². The van der Waals surface area contributed by atoms with Crippen molar-refractivity contribution in [2.75, 3.05) is 20.3 Å². The standard InChI is InChI=1S/C13H17N3O/c1-17-10-9-14-11-13-7-8-15-16(13)12-5-3-2-4-6-12/h2-8,14H,9-11H2,1H3. The van der Waals surface area contributed by atoms with E-state index in [1.807, 2.05) is 47.3 Å². The molecule has 1 heterocycles. The second-order valence-electron chi connectivity index (χ2n) is 3.74. The summed E-state index contributed by atoms with van der Waals surface area (Å²) in [6.45, 7) is 2.36. The number of nitrogens with one attached hydrogen (secondary N) is 1. The molecule has 0 aliphatic heterocycles. The molecular weight excluding hydrogens is 214 g/mol. The summed E-state index contributed by atoms with van der Waals surface area (Å²) < 4.78 is 6.94. The number of hydrogen-bond donors (Lipinski definition) is 1. The molecule has 0 amide bonds. The average Bonchev–Trinajstić information content (AvgIpc) is 2.84. The van der Waals surface area contributed by atoms with Crippen molar-refractivity contribution in [3.63, 3.8) is 0 Å². The summed E-state index contributed by atoms with van der Waals surface area (Å²) in [4.78, 5) is 0. The van der Waals surface area contributed by atoms with E-state index in [1.165, 1.54) is 0 Å². The van der Waals surface area contributed by atoms with Crippen molar-refractivity contribution < 1.29 is 4.74 Å². The van der Waals surface area contributed by atoms with E-state index in [0.29, 0.717) is 0 Å². The summed E-state index contributed by atoms with van der Waals surface area (Å²) in [5.41, 5.74) is 2.23. The van der Waals surface area contributed by atoms with E-state index in [0.717, 1.165) is 31.1 Å². The van der Waals surface area contributed by atoms with E-state index < -0.39 is 0 Å². The minimum atomic E-state index is 0.722. The van der Waals surface area contributed by atoms with Crippen LogP contribution in [0.2, 0.25) is 0 Å². The number of benzene rings is 1. The summed E-state index contributed by atoms with van der Waals surface area (Å²) in [6, 6.07) is 12.1. The van der Waals surface area contributed by atoms with Gasteiger partial charge in [-0.25, -0.2) is 4.68 Å². The van der Waals surface area contributed by atoms with E-state index in [2.05, 4.69) is 10.4 Å². The topological polar surface area (TPSA) is 39.1 Å². The molecule has 0 fully saturated rings. The molecule has 0 saturated heterocycles. The lowest BCUT2D eigenvalue weighted by Crippen LogP contribution is -2.20. The zero-order valence-corrected chi connectivity index (χ0v) is 9.97. The van der Waals surface area contributed by atoms with Crippen molar-refractivity contribution in [1.82, 2.24) is 15.1 Å². The molecule has 1 N–H and O–H groups in total. The monoisotopic (exact) mass is 231 g/mol. The maximum Gasteiger partial charge on any atom is 0.0649 e. The molecular formula is C13H17N3O. The van der Waals surface area contributed by atoms with Gasteiger partial charge in [-0.15, -0.1) is 0 Å². The largest absolute Gasteiger partial charge is 0.383 e. The molecule has 0 unspecified atom stereocenters. The fraction of sp³-hybridized carbons (Fsp3) is 0.308. The van der Waals surface area contributed by atoms with E-state index in [-0.39, 0.29) is 0 Å². The molecule has 4 nitrogen and oxygen atoms in total. The number of aromatic nitrogens is 2. The first kappa shape index (κ1) is 11.8. The van der Waals surface area contributed by atoms with Crippen molar-refractivity contribution in [3.8, 4) is 5.69 Å². The Kier molecular flexibility index (Phi) is 4.30. The van der Waals surface area contributed by atoms with Crippen molar-refractivity contribution in [2.45, 2.75) is 6.54 Å². The van der Waals surface area contributed by atoms with Gasteiger partial charge in [-0.1, -0.05) is 18.2 Å². The Hall–Kier alpha value is -1.65. The molecule has 90 valence electrons. The van der Waals surface area contributed by atoms with Crippen LogP contribution in [0.15, 0.2) is 42.6 Å². The fourth-order valence-electron chi connectivity index (χ4n) is 1.66. The molecule has 0 aliphatic carbocycles. The third-order valence-electron chi connectivity index (χ3n) is 2.51. The van der Waals surface area contributed by atoms with E-state index in [4.69, 9.17) is 4.74 Å². The molecule has 2 rings (SSSR count). The molecule has 1 aromatic heterocycles. The summed E-state index contributed by atoms with van der Waals surface area (Å²) in [6.07, 6.45) is 1.82. The predicted octanol–water partition coefficient (Wildman–Crippen LogP) is 1.61. The first-order valence-electron chi connectivity index (χ1n) is 5.70. The maximum atomic E-state index is 4.99. The third kappa shape index (κ3) is 3.15. The van der Waals surface area contributed by atoms with Crippen LogP contribution in [-0.4, -0.2) is 30.0 Å². The van der Waals surface area contributed by atoms with Gasteiger partial charge in [-0.3, -0.25) is 0 Å². The number of para-hydroxylation sites is 1. The number of rotatable bonds is 6. The second kappa shape index (κ2) is 6.18. The molecule has 4 heteroatoms. The van der Waals surface area contributed by atoms with Gasteiger partial charge in [0.05, 0.1) is 18.0 Å². The molecule has 2 aromatic rings. The summed E-state index contributed by atoms with van der Waals surface area (Å²) in [5.74, 6) is 0. The average molecular weight is 231 g/mol. The van der Waals surface area contributed by atoms with Gasteiger partial charge in [0.15, 0.2) is 0 Å². The van der Waals surface area contributed by atoms with Gasteiger partial charge in [0, 0.05) is 26.4 Å².